The minimum atomic E-state index is -0.549. The summed E-state index contributed by atoms with van der Waals surface area (Å²) in [5, 5.41) is 4.55. The van der Waals surface area contributed by atoms with E-state index >= 15 is 0 Å². The average Bonchev–Trinajstić information content (AvgIpc) is 2.85. The molecule has 7 heteroatoms. The molecule has 0 unspecified atom stereocenters. The predicted octanol–water partition coefficient (Wildman–Crippen LogP) is 3.58. The highest BCUT2D eigenvalue weighted by Gasteiger charge is 2.17. The van der Waals surface area contributed by atoms with Crippen LogP contribution >= 0.6 is 22.9 Å². The second kappa shape index (κ2) is 6.02. The van der Waals surface area contributed by atoms with Gasteiger partial charge in [-0.1, -0.05) is 11.6 Å². The highest BCUT2D eigenvalue weighted by molar-refractivity contribution is 7.14. The van der Waals surface area contributed by atoms with Crippen LogP contribution in [-0.4, -0.2) is 19.0 Å². The van der Waals surface area contributed by atoms with Crippen molar-refractivity contribution in [1.29, 1.82) is 0 Å². The maximum absolute atomic E-state index is 12.9. The van der Waals surface area contributed by atoms with Gasteiger partial charge >= 0.3 is 5.97 Å². The van der Waals surface area contributed by atoms with E-state index in [4.69, 9.17) is 11.6 Å². The number of methoxy groups -OCH3 is 1. The summed E-state index contributed by atoms with van der Waals surface area (Å²) in [6.45, 7) is 0. The number of benzene rings is 1. The maximum atomic E-state index is 12.9. The summed E-state index contributed by atoms with van der Waals surface area (Å²) >= 11 is 6.98. The molecule has 0 aliphatic carbocycles. The molecule has 0 aliphatic heterocycles. The molecule has 0 atom stereocenters. The van der Waals surface area contributed by atoms with Crippen LogP contribution in [0.1, 0.15) is 20.7 Å². The van der Waals surface area contributed by atoms with Gasteiger partial charge in [-0.2, -0.15) is 0 Å². The third-order valence-corrected chi connectivity index (χ3v) is 3.62. The first-order valence-corrected chi connectivity index (χ1v) is 6.71. The van der Waals surface area contributed by atoms with Crippen LogP contribution in [0.5, 0.6) is 0 Å². The fourth-order valence-corrected chi connectivity index (χ4v) is 2.54. The second-order valence-electron chi connectivity index (χ2n) is 3.73. The Labute approximate surface area is 123 Å². The van der Waals surface area contributed by atoms with Crippen molar-refractivity contribution in [3.8, 4) is 0 Å². The first kappa shape index (κ1) is 14.5. The van der Waals surface area contributed by atoms with Gasteiger partial charge in [0.1, 0.15) is 10.8 Å². The fraction of sp³-hybridized carbons (Fsp3) is 0.0769. The lowest BCUT2D eigenvalue weighted by Gasteiger charge is -2.06. The van der Waals surface area contributed by atoms with Crippen molar-refractivity contribution in [3.05, 3.63) is 51.6 Å². The van der Waals surface area contributed by atoms with Gasteiger partial charge in [0.15, 0.2) is 0 Å². The Bertz CT molecular complexity index is 671. The first-order valence-electron chi connectivity index (χ1n) is 5.45. The predicted molar refractivity (Wildman–Crippen MR) is 75.0 cm³/mol. The number of halogens is 2. The number of anilines is 1. The van der Waals surface area contributed by atoms with Crippen LogP contribution in [0, 0.1) is 5.82 Å². The van der Waals surface area contributed by atoms with Crippen LogP contribution in [0.3, 0.4) is 0 Å². The van der Waals surface area contributed by atoms with E-state index in [1.54, 1.807) is 11.4 Å². The molecule has 1 aromatic heterocycles. The van der Waals surface area contributed by atoms with Gasteiger partial charge in [0, 0.05) is 0 Å². The number of hydrogen-bond acceptors (Lipinski definition) is 4. The molecule has 0 aliphatic rings. The summed E-state index contributed by atoms with van der Waals surface area (Å²) in [5.41, 5.74) is 0.376. The van der Waals surface area contributed by atoms with Gasteiger partial charge in [-0.3, -0.25) is 4.79 Å². The zero-order valence-electron chi connectivity index (χ0n) is 10.3. The normalized spacial score (nSPS) is 10.2. The summed E-state index contributed by atoms with van der Waals surface area (Å²) in [5.74, 6) is -1.60. The van der Waals surface area contributed by atoms with Crippen molar-refractivity contribution in [3.63, 3.8) is 0 Å². The number of amides is 1. The van der Waals surface area contributed by atoms with Crippen molar-refractivity contribution >= 4 is 39.8 Å². The number of hydrogen-bond donors (Lipinski definition) is 1. The summed E-state index contributed by atoms with van der Waals surface area (Å²) in [6.07, 6.45) is 0. The smallest absolute Gasteiger partial charge is 0.340 e. The molecular formula is C13H9ClFNO3S. The van der Waals surface area contributed by atoms with Gasteiger partial charge in [0.05, 0.1) is 23.3 Å². The molecule has 1 heterocycles. The van der Waals surface area contributed by atoms with Crippen LogP contribution < -0.4 is 5.32 Å². The zero-order valence-corrected chi connectivity index (χ0v) is 11.8. The van der Waals surface area contributed by atoms with E-state index in [0.717, 1.165) is 12.1 Å². The monoisotopic (exact) mass is 313 g/mol. The van der Waals surface area contributed by atoms with Crippen LogP contribution in [0.4, 0.5) is 9.39 Å². The number of ether oxygens (including phenoxy) is 1. The quantitative estimate of drug-likeness (QED) is 0.881. The lowest BCUT2D eigenvalue weighted by atomic mass is 10.2. The Morgan fingerprint density at radius 2 is 2.05 bits per heavy atom. The molecule has 0 saturated carbocycles. The third-order valence-electron chi connectivity index (χ3n) is 2.47. The average molecular weight is 314 g/mol. The molecule has 4 nitrogen and oxygen atoms in total. The summed E-state index contributed by atoms with van der Waals surface area (Å²) < 4.78 is 17.5. The van der Waals surface area contributed by atoms with Gasteiger partial charge in [-0.05, 0) is 29.6 Å². The standard InChI is InChI=1S/C13H9ClFNO3S/c1-19-13(18)9-4-5-20-12(9)16-11(17)8-3-2-7(15)6-10(8)14/h2-6H,1H3,(H,16,17). The minimum absolute atomic E-state index is 0.00123. The second-order valence-corrected chi connectivity index (χ2v) is 5.06. The van der Waals surface area contributed by atoms with E-state index in [2.05, 4.69) is 10.1 Å². The molecule has 0 bridgehead atoms. The summed E-state index contributed by atoms with van der Waals surface area (Å²) in [6, 6.07) is 5.00. The summed E-state index contributed by atoms with van der Waals surface area (Å²) in [7, 11) is 1.25. The number of thiophene rings is 1. The van der Waals surface area contributed by atoms with Crippen molar-refractivity contribution in [2.75, 3.05) is 12.4 Å². The molecule has 0 saturated heterocycles. The highest BCUT2D eigenvalue weighted by atomic mass is 35.5. The number of nitrogens with one attached hydrogen (secondary N) is 1. The Morgan fingerprint density at radius 1 is 1.30 bits per heavy atom. The largest absolute Gasteiger partial charge is 0.465 e. The van der Waals surface area contributed by atoms with Crippen molar-refractivity contribution in [2.24, 2.45) is 0 Å². The van der Waals surface area contributed by atoms with Crippen LogP contribution in [0.15, 0.2) is 29.6 Å². The molecule has 2 rings (SSSR count). The van der Waals surface area contributed by atoms with Crippen molar-refractivity contribution in [2.45, 2.75) is 0 Å². The fourth-order valence-electron chi connectivity index (χ4n) is 1.52. The number of esters is 1. The summed E-state index contributed by atoms with van der Waals surface area (Å²) in [4.78, 5) is 23.5. The molecule has 104 valence electrons. The zero-order chi connectivity index (χ0) is 14.7. The van der Waals surface area contributed by atoms with E-state index < -0.39 is 17.7 Å². The molecule has 20 heavy (non-hydrogen) atoms. The van der Waals surface area contributed by atoms with Gasteiger partial charge in [0.25, 0.3) is 5.91 Å². The van der Waals surface area contributed by atoms with Crippen LogP contribution in [0.25, 0.3) is 0 Å². The lowest BCUT2D eigenvalue weighted by Crippen LogP contribution is -2.14. The molecule has 0 radical (unpaired) electrons. The van der Waals surface area contributed by atoms with E-state index in [1.807, 2.05) is 0 Å². The lowest BCUT2D eigenvalue weighted by molar-refractivity contribution is 0.0602. The van der Waals surface area contributed by atoms with Crippen molar-refractivity contribution in [1.82, 2.24) is 0 Å². The molecular weight excluding hydrogens is 305 g/mol. The molecule has 1 N–H and O–H groups in total. The Balaban J connectivity index is 2.24. The van der Waals surface area contributed by atoms with E-state index in [0.29, 0.717) is 5.00 Å². The van der Waals surface area contributed by atoms with E-state index in [-0.39, 0.29) is 16.1 Å². The number of rotatable bonds is 3. The van der Waals surface area contributed by atoms with Gasteiger partial charge < -0.3 is 10.1 Å². The van der Waals surface area contributed by atoms with Crippen molar-refractivity contribution < 1.29 is 18.7 Å². The first-order chi connectivity index (χ1) is 9.52. The molecule has 1 aromatic carbocycles. The number of carbonyl (C=O) groups is 2. The Morgan fingerprint density at radius 3 is 2.70 bits per heavy atom. The molecule has 1 amide bonds. The van der Waals surface area contributed by atoms with E-state index in [9.17, 15) is 14.0 Å². The van der Waals surface area contributed by atoms with Crippen LogP contribution in [0.2, 0.25) is 5.02 Å². The van der Waals surface area contributed by atoms with Gasteiger partial charge in [-0.25, -0.2) is 9.18 Å². The molecule has 0 spiro atoms. The molecule has 2 aromatic rings. The topological polar surface area (TPSA) is 55.4 Å². The SMILES string of the molecule is COC(=O)c1ccsc1NC(=O)c1ccc(F)cc1Cl. The minimum Gasteiger partial charge on any atom is -0.465 e. The maximum Gasteiger partial charge on any atom is 0.340 e. The van der Waals surface area contributed by atoms with Crippen LogP contribution in [-0.2, 0) is 4.74 Å². The van der Waals surface area contributed by atoms with Gasteiger partial charge in [0.2, 0.25) is 0 Å². The highest BCUT2D eigenvalue weighted by Crippen LogP contribution is 2.26. The Hall–Kier alpha value is -1.92. The molecule has 0 fully saturated rings. The number of carbonyl (C=O) groups excluding carboxylic acids is 2. The third kappa shape index (κ3) is 2.97. The van der Waals surface area contributed by atoms with Gasteiger partial charge in [-0.15, -0.1) is 11.3 Å². The Kier molecular flexibility index (Phi) is 4.36. The van der Waals surface area contributed by atoms with E-state index in [1.165, 1.54) is 24.5 Å².